The van der Waals surface area contributed by atoms with Gasteiger partial charge in [0.15, 0.2) is 0 Å². The summed E-state index contributed by atoms with van der Waals surface area (Å²) in [5.74, 6) is -0.906. The second-order valence-electron chi connectivity index (χ2n) is 6.55. The summed E-state index contributed by atoms with van der Waals surface area (Å²) in [5.41, 5.74) is 2.37. The van der Waals surface area contributed by atoms with Crippen LogP contribution >= 0.6 is 0 Å². The molecular formula is C19H22N2O4S. The Balaban J connectivity index is 1.97. The van der Waals surface area contributed by atoms with Gasteiger partial charge in [0.25, 0.3) is 0 Å². The van der Waals surface area contributed by atoms with Crippen molar-refractivity contribution in [3.63, 3.8) is 0 Å². The number of sulfonamides is 1. The summed E-state index contributed by atoms with van der Waals surface area (Å²) >= 11 is 0. The van der Waals surface area contributed by atoms with Crippen LogP contribution in [-0.4, -0.2) is 49.3 Å². The Bertz CT molecular complexity index is 910. The van der Waals surface area contributed by atoms with E-state index in [1.165, 1.54) is 18.4 Å². The molecule has 0 saturated carbocycles. The zero-order valence-corrected chi connectivity index (χ0v) is 15.6. The molecular weight excluding hydrogens is 352 g/mol. The number of aliphatic carboxylic acids is 1. The minimum Gasteiger partial charge on any atom is -0.480 e. The average molecular weight is 374 g/mol. The van der Waals surface area contributed by atoms with Crippen LogP contribution in [-0.2, 0) is 27.8 Å². The number of carboxylic acid groups (broad SMARTS) is 1. The molecule has 138 valence electrons. The predicted octanol–water partition coefficient (Wildman–Crippen LogP) is 2.12. The van der Waals surface area contributed by atoms with E-state index in [1.54, 1.807) is 24.3 Å². The van der Waals surface area contributed by atoms with Gasteiger partial charge in [0, 0.05) is 27.2 Å². The van der Waals surface area contributed by atoms with Crippen molar-refractivity contribution in [2.45, 2.75) is 23.9 Å². The van der Waals surface area contributed by atoms with Gasteiger partial charge in [-0.2, -0.15) is 0 Å². The third kappa shape index (κ3) is 3.38. The quantitative estimate of drug-likeness (QED) is 0.867. The van der Waals surface area contributed by atoms with E-state index in [0.717, 1.165) is 16.7 Å². The van der Waals surface area contributed by atoms with Crippen LogP contribution in [0.1, 0.15) is 22.7 Å². The first-order valence-corrected chi connectivity index (χ1v) is 9.81. The van der Waals surface area contributed by atoms with Crippen LogP contribution in [0.5, 0.6) is 0 Å². The van der Waals surface area contributed by atoms with E-state index in [4.69, 9.17) is 0 Å². The van der Waals surface area contributed by atoms with Crippen molar-refractivity contribution >= 4 is 16.0 Å². The molecule has 1 aliphatic rings. The molecule has 0 aromatic heterocycles. The van der Waals surface area contributed by atoms with E-state index in [0.29, 0.717) is 24.4 Å². The first kappa shape index (κ1) is 18.6. The third-order valence-corrected chi connectivity index (χ3v) is 6.63. The molecule has 0 saturated heterocycles. The topological polar surface area (TPSA) is 77.9 Å². The lowest BCUT2D eigenvalue weighted by Gasteiger charge is -2.34. The second kappa shape index (κ2) is 7.19. The molecule has 0 fully saturated rings. The third-order valence-electron chi connectivity index (χ3n) is 4.73. The molecule has 0 aliphatic carbocycles. The van der Waals surface area contributed by atoms with Crippen molar-refractivity contribution in [2.24, 2.45) is 0 Å². The maximum atomic E-state index is 12.6. The normalized spacial score (nSPS) is 16.3. The van der Waals surface area contributed by atoms with Crippen LogP contribution in [0.4, 0.5) is 0 Å². The Morgan fingerprint density at radius 3 is 2.42 bits per heavy atom. The molecule has 6 nitrogen and oxygen atoms in total. The molecule has 1 aliphatic heterocycles. The Morgan fingerprint density at radius 2 is 1.81 bits per heavy atom. The number of hydrogen-bond acceptors (Lipinski definition) is 4. The molecule has 0 radical (unpaired) electrons. The molecule has 7 heteroatoms. The molecule has 3 rings (SSSR count). The molecule has 0 spiro atoms. The van der Waals surface area contributed by atoms with Crippen LogP contribution in [0.15, 0.2) is 53.4 Å². The predicted molar refractivity (Wildman–Crippen MR) is 98.2 cm³/mol. The van der Waals surface area contributed by atoms with Crippen LogP contribution in [0.3, 0.4) is 0 Å². The Morgan fingerprint density at radius 1 is 1.12 bits per heavy atom. The van der Waals surface area contributed by atoms with Gasteiger partial charge in [-0.25, -0.2) is 12.7 Å². The molecule has 1 unspecified atom stereocenters. The Hall–Kier alpha value is -2.22. The van der Waals surface area contributed by atoms with Crippen molar-refractivity contribution in [3.8, 4) is 0 Å². The zero-order valence-electron chi connectivity index (χ0n) is 14.8. The number of carbonyl (C=O) groups is 1. The van der Waals surface area contributed by atoms with Gasteiger partial charge < -0.3 is 5.11 Å². The van der Waals surface area contributed by atoms with Gasteiger partial charge >= 0.3 is 5.97 Å². The molecule has 1 N–H and O–H groups in total. The molecule has 26 heavy (non-hydrogen) atoms. The lowest BCUT2D eigenvalue weighted by Crippen LogP contribution is -2.38. The highest BCUT2D eigenvalue weighted by molar-refractivity contribution is 7.89. The number of benzene rings is 2. The van der Waals surface area contributed by atoms with E-state index < -0.39 is 22.0 Å². The highest BCUT2D eigenvalue weighted by Gasteiger charge is 2.32. The van der Waals surface area contributed by atoms with Crippen molar-refractivity contribution in [1.82, 2.24) is 9.21 Å². The number of carboxylic acids is 1. The number of nitrogens with zero attached hydrogens (tertiary/aromatic N) is 2. The smallest absolute Gasteiger partial charge is 0.325 e. The fourth-order valence-corrected chi connectivity index (χ4v) is 4.59. The Kier molecular flexibility index (Phi) is 5.13. The summed E-state index contributed by atoms with van der Waals surface area (Å²) in [5, 5.41) is 9.74. The number of hydrogen-bond donors (Lipinski definition) is 1. The molecule has 1 atom stereocenters. The van der Waals surface area contributed by atoms with Crippen LogP contribution < -0.4 is 0 Å². The van der Waals surface area contributed by atoms with Gasteiger partial charge in [-0.3, -0.25) is 9.69 Å². The first-order valence-electron chi connectivity index (χ1n) is 8.37. The zero-order chi connectivity index (χ0) is 18.9. The van der Waals surface area contributed by atoms with Crippen molar-refractivity contribution in [1.29, 1.82) is 0 Å². The lowest BCUT2D eigenvalue weighted by atomic mass is 9.96. The van der Waals surface area contributed by atoms with Crippen LogP contribution in [0.2, 0.25) is 0 Å². The van der Waals surface area contributed by atoms with E-state index in [-0.39, 0.29) is 0 Å². The fourth-order valence-electron chi connectivity index (χ4n) is 3.40. The molecule has 0 bridgehead atoms. The van der Waals surface area contributed by atoms with Gasteiger partial charge in [-0.15, -0.1) is 0 Å². The van der Waals surface area contributed by atoms with E-state index in [2.05, 4.69) is 0 Å². The molecule has 2 aromatic rings. The summed E-state index contributed by atoms with van der Waals surface area (Å²) in [7, 11) is -0.499. The van der Waals surface area contributed by atoms with Gasteiger partial charge in [0.1, 0.15) is 6.04 Å². The van der Waals surface area contributed by atoms with Crippen LogP contribution in [0.25, 0.3) is 0 Å². The van der Waals surface area contributed by atoms with E-state index >= 15 is 0 Å². The average Bonchev–Trinajstić information content (AvgIpc) is 2.61. The van der Waals surface area contributed by atoms with Gasteiger partial charge in [-0.05, 0) is 29.2 Å². The minimum atomic E-state index is -3.53. The van der Waals surface area contributed by atoms with Crippen molar-refractivity contribution < 1.29 is 18.3 Å². The van der Waals surface area contributed by atoms with E-state index in [9.17, 15) is 18.3 Å². The summed E-state index contributed by atoms with van der Waals surface area (Å²) in [6, 6.07) is 13.6. The fraction of sp³-hybridized carbons (Fsp3) is 0.316. The highest BCUT2D eigenvalue weighted by atomic mass is 32.2. The Labute approximate surface area is 153 Å². The maximum absolute atomic E-state index is 12.6. The van der Waals surface area contributed by atoms with Gasteiger partial charge in [0.2, 0.25) is 10.0 Å². The number of rotatable bonds is 5. The minimum absolute atomic E-state index is 0.311. The molecule has 2 aromatic carbocycles. The van der Waals surface area contributed by atoms with Gasteiger partial charge in [0.05, 0.1) is 4.90 Å². The highest BCUT2D eigenvalue weighted by Crippen LogP contribution is 2.31. The maximum Gasteiger partial charge on any atom is 0.325 e. The largest absolute Gasteiger partial charge is 0.480 e. The van der Waals surface area contributed by atoms with Crippen molar-refractivity contribution in [2.75, 3.05) is 20.6 Å². The summed E-state index contributed by atoms with van der Waals surface area (Å²) < 4.78 is 26.3. The lowest BCUT2D eigenvalue weighted by molar-refractivity contribution is -0.144. The second-order valence-corrected chi connectivity index (χ2v) is 8.67. The van der Waals surface area contributed by atoms with Crippen LogP contribution in [0, 0.1) is 0 Å². The standard InChI is InChI=1S/C19H22N2O4S/c1-20(2)26(24,25)17-10-6-9-15-13-21(12-11-16(15)17)18(19(22)23)14-7-4-3-5-8-14/h3-10,18H,11-13H2,1-2H3,(H,22,23). The number of fused-ring (bicyclic) bond motifs is 1. The van der Waals surface area contributed by atoms with E-state index in [1.807, 2.05) is 29.2 Å². The molecule has 1 heterocycles. The van der Waals surface area contributed by atoms with Crippen molar-refractivity contribution in [3.05, 3.63) is 65.2 Å². The summed E-state index contributed by atoms with van der Waals surface area (Å²) in [6.07, 6.45) is 0.495. The monoisotopic (exact) mass is 374 g/mol. The summed E-state index contributed by atoms with van der Waals surface area (Å²) in [6.45, 7) is 0.886. The summed E-state index contributed by atoms with van der Waals surface area (Å²) in [4.78, 5) is 14.1. The van der Waals surface area contributed by atoms with Gasteiger partial charge in [-0.1, -0.05) is 42.5 Å². The first-order chi connectivity index (χ1) is 12.3. The SMILES string of the molecule is CN(C)S(=O)(=O)c1cccc2c1CCN(C(C(=O)O)c1ccccc1)C2. The molecule has 0 amide bonds.